The maximum absolute atomic E-state index is 5.57. The highest BCUT2D eigenvalue weighted by molar-refractivity contribution is 5.56. The van der Waals surface area contributed by atoms with E-state index in [2.05, 4.69) is 52.0 Å². The zero-order valence-electron chi connectivity index (χ0n) is 18.1. The van der Waals surface area contributed by atoms with Crippen molar-refractivity contribution in [3.63, 3.8) is 0 Å². The van der Waals surface area contributed by atoms with Crippen molar-refractivity contribution < 1.29 is 4.42 Å². The molecule has 8 heteroatoms. The first kappa shape index (κ1) is 19.1. The number of aromatic nitrogens is 4. The number of fused-ring (bicyclic) bond motifs is 1. The molecule has 0 saturated carbocycles. The molecule has 1 N–H and O–H groups in total. The molecule has 0 amide bonds. The van der Waals surface area contributed by atoms with Crippen LogP contribution in [0.4, 0.5) is 17.5 Å². The van der Waals surface area contributed by atoms with E-state index in [1.54, 1.807) is 17.1 Å². The summed E-state index contributed by atoms with van der Waals surface area (Å²) >= 11 is 0. The third-order valence-electron chi connectivity index (χ3n) is 6.85. The fraction of sp³-hybridized carbons (Fsp3) is 0.500. The van der Waals surface area contributed by atoms with Crippen LogP contribution in [0.3, 0.4) is 0 Å². The summed E-state index contributed by atoms with van der Waals surface area (Å²) in [6, 6.07) is 4.03. The lowest BCUT2D eigenvalue weighted by Gasteiger charge is -2.30. The average molecular weight is 408 g/mol. The molecule has 2 atom stereocenters. The number of rotatable bonds is 5. The number of hydrogen-bond acceptors (Lipinski definition) is 7. The van der Waals surface area contributed by atoms with Crippen LogP contribution in [0.25, 0.3) is 0 Å². The fourth-order valence-corrected chi connectivity index (χ4v) is 5.12. The van der Waals surface area contributed by atoms with Crippen molar-refractivity contribution in [1.82, 2.24) is 24.6 Å². The molecule has 0 aromatic carbocycles. The largest absolute Gasteiger partial charge is 0.468 e. The van der Waals surface area contributed by atoms with E-state index in [0.29, 0.717) is 5.95 Å². The molecule has 2 saturated heterocycles. The van der Waals surface area contributed by atoms with Gasteiger partial charge in [0, 0.05) is 62.0 Å². The lowest BCUT2D eigenvalue weighted by Crippen LogP contribution is -2.34. The maximum atomic E-state index is 5.57. The highest BCUT2D eigenvalue weighted by Gasteiger charge is 2.57. The minimum absolute atomic E-state index is 0.202. The van der Waals surface area contributed by atoms with Gasteiger partial charge in [0.2, 0.25) is 5.95 Å². The van der Waals surface area contributed by atoms with E-state index in [1.807, 2.05) is 25.5 Å². The number of nitrogens with zero attached hydrogens (tertiary/aromatic N) is 6. The van der Waals surface area contributed by atoms with Crippen LogP contribution >= 0.6 is 0 Å². The van der Waals surface area contributed by atoms with Crippen molar-refractivity contribution in [3.05, 3.63) is 48.3 Å². The Kier molecular flexibility index (Phi) is 4.36. The molecular weight excluding hydrogens is 378 g/mol. The van der Waals surface area contributed by atoms with Crippen molar-refractivity contribution in [2.24, 2.45) is 17.9 Å². The zero-order chi connectivity index (χ0) is 20.9. The summed E-state index contributed by atoms with van der Waals surface area (Å²) in [6.07, 6.45) is 7.35. The molecule has 8 nitrogen and oxygen atoms in total. The van der Waals surface area contributed by atoms with Gasteiger partial charge in [0.15, 0.2) is 0 Å². The first-order valence-corrected chi connectivity index (χ1v) is 10.4. The summed E-state index contributed by atoms with van der Waals surface area (Å²) < 4.78 is 7.33. The van der Waals surface area contributed by atoms with Crippen molar-refractivity contribution >= 4 is 17.5 Å². The van der Waals surface area contributed by atoms with Crippen molar-refractivity contribution in [3.8, 4) is 0 Å². The van der Waals surface area contributed by atoms with Crippen LogP contribution in [0.1, 0.15) is 25.2 Å². The molecule has 2 aliphatic rings. The van der Waals surface area contributed by atoms with Crippen molar-refractivity contribution in [2.75, 3.05) is 36.4 Å². The van der Waals surface area contributed by atoms with Crippen LogP contribution < -0.4 is 10.2 Å². The Bertz CT molecular complexity index is 1030. The summed E-state index contributed by atoms with van der Waals surface area (Å²) in [7, 11) is 1.90. The third kappa shape index (κ3) is 3.25. The van der Waals surface area contributed by atoms with E-state index in [1.165, 1.54) is 0 Å². The summed E-state index contributed by atoms with van der Waals surface area (Å²) in [5, 5.41) is 7.46. The number of hydrogen-bond donors (Lipinski definition) is 1. The van der Waals surface area contributed by atoms with Gasteiger partial charge in [-0.3, -0.25) is 9.58 Å². The lowest BCUT2D eigenvalue weighted by atomic mass is 9.71. The first-order valence-electron chi connectivity index (χ1n) is 10.4. The van der Waals surface area contributed by atoms with Gasteiger partial charge in [0.05, 0.1) is 24.7 Å². The molecule has 3 aromatic heterocycles. The van der Waals surface area contributed by atoms with Gasteiger partial charge in [-0.05, 0) is 19.1 Å². The molecule has 0 radical (unpaired) electrons. The van der Waals surface area contributed by atoms with Crippen LogP contribution in [0.15, 0.2) is 41.4 Å². The Labute approximate surface area is 176 Å². The van der Waals surface area contributed by atoms with Gasteiger partial charge >= 0.3 is 0 Å². The monoisotopic (exact) mass is 407 g/mol. The molecule has 3 aromatic rings. The minimum atomic E-state index is 0.202. The molecule has 30 heavy (non-hydrogen) atoms. The molecule has 2 fully saturated rings. The Morgan fingerprint density at radius 2 is 1.90 bits per heavy atom. The summed E-state index contributed by atoms with van der Waals surface area (Å²) in [6.45, 7) is 11.9. The number of likely N-dealkylation sites (tertiary alicyclic amines) is 1. The average Bonchev–Trinajstić information content (AvgIpc) is 3.41. The van der Waals surface area contributed by atoms with Crippen LogP contribution in [0.2, 0.25) is 0 Å². The first-order chi connectivity index (χ1) is 14.3. The number of anilines is 3. The Hall–Kier alpha value is -2.87. The Morgan fingerprint density at radius 1 is 1.13 bits per heavy atom. The van der Waals surface area contributed by atoms with Gasteiger partial charge in [0.25, 0.3) is 0 Å². The van der Waals surface area contributed by atoms with Gasteiger partial charge in [0.1, 0.15) is 11.6 Å². The van der Waals surface area contributed by atoms with Crippen LogP contribution in [0.5, 0.6) is 0 Å². The molecule has 0 spiro atoms. The van der Waals surface area contributed by atoms with Gasteiger partial charge < -0.3 is 14.6 Å². The molecule has 5 rings (SSSR count). The second-order valence-electron chi connectivity index (χ2n) is 9.43. The molecular formula is C22H29N7O. The van der Waals surface area contributed by atoms with Gasteiger partial charge in [-0.1, -0.05) is 13.8 Å². The quantitative estimate of drug-likeness (QED) is 0.696. The van der Waals surface area contributed by atoms with E-state index in [-0.39, 0.29) is 10.8 Å². The van der Waals surface area contributed by atoms with Crippen LogP contribution in [0, 0.1) is 17.8 Å². The third-order valence-corrected chi connectivity index (χ3v) is 6.85. The highest BCUT2D eigenvalue weighted by atomic mass is 16.3. The maximum Gasteiger partial charge on any atom is 0.229 e. The fourth-order valence-electron chi connectivity index (χ4n) is 5.12. The number of furan rings is 1. The van der Waals surface area contributed by atoms with E-state index in [9.17, 15) is 0 Å². The van der Waals surface area contributed by atoms with Crippen LogP contribution in [-0.4, -0.2) is 50.8 Å². The van der Waals surface area contributed by atoms with E-state index in [0.717, 1.165) is 55.6 Å². The van der Waals surface area contributed by atoms with Crippen molar-refractivity contribution in [1.29, 1.82) is 0 Å². The second-order valence-corrected chi connectivity index (χ2v) is 9.43. The van der Waals surface area contributed by atoms with E-state index in [4.69, 9.17) is 9.40 Å². The lowest BCUT2D eigenvalue weighted by molar-refractivity contribution is 0.212. The summed E-state index contributed by atoms with van der Waals surface area (Å²) in [5.74, 6) is 2.66. The van der Waals surface area contributed by atoms with E-state index >= 15 is 0 Å². The number of aryl methyl sites for hydroxylation is 2. The molecule has 0 unspecified atom stereocenters. The molecule has 158 valence electrons. The van der Waals surface area contributed by atoms with Crippen molar-refractivity contribution in [2.45, 2.75) is 27.3 Å². The standard InChI is InChI=1S/C22H29N7O/c1-16-8-23-20(25-17-9-24-27(4)10-17)26-19(16)29-14-21(2)12-28(13-22(21,3)15-29)11-18-6-5-7-30-18/h5-10H,11-15H2,1-4H3,(H,23,25,26)/t21-,22+. The number of nitrogens with one attached hydrogen (secondary N) is 1. The van der Waals surface area contributed by atoms with Crippen LogP contribution in [-0.2, 0) is 13.6 Å². The zero-order valence-corrected chi connectivity index (χ0v) is 18.1. The topological polar surface area (TPSA) is 75.2 Å². The summed E-state index contributed by atoms with van der Waals surface area (Å²) in [5.41, 5.74) is 2.39. The molecule has 0 bridgehead atoms. The predicted octanol–water partition coefficient (Wildman–Crippen LogP) is 3.20. The molecule has 0 aliphatic carbocycles. The smallest absolute Gasteiger partial charge is 0.229 e. The van der Waals surface area contributed by atoms with E-state index < -0.39 is 0 Å². The molecule has 5 heterocycles. The van der Waals surface area contributed by atoms with Gasteiger partial charge in [-0.25, -0.2) is 4.98 Å². The SMILES string of the molecule is Cc1cnc(Nc2cnn(C)c2)nc1N1C[C@]2(C)CN(Cc3ccco3)C[C@]2(C)C1. The predicted molar refractivity (Wildman–Crippen MR) is 116 cm³/mol. The highest BCUT2D eigenvalue weighted by Crippen LogP contribution is 2.52. The molecule has 2 aliphatic heterocycles. The normalized spacial score (nSPS) is 26.3. The summed E-state index contributed by atoms with van der Waals surface area (Å²) in [4.78, 5) is 14.3. The Morgan fingerprint density at radius 3 is 2.53 bits per heavy atom. The van der Waals surface area contributed by atoms with Gasteiger partial charge in [-0.15, -0.1) is 0 Å². The Balaban J connectivity index is 1.34. The van der Waals surface area contributed by atoms with Gasteiger partial charge in [-0.2, -0.15) is 10.1 Å². The second kappa shape index (κ2) is 6.84. The minimum Gasteiger partial charge on any atom is -0.468 e.